The van der Waals surface area contributed by atoms with Crippen LogP contribution in [0.1, 0.15) is 27.2 Å². The normalized spacial score (nSPS) is 29.0. The van der Waals surface area contributed by atoms with E-state index < -0.39 is 6.04 Å². The van der Waals surface area contributed by atoms with Gasteiger partial charge < -0.3 is 20.3 Å². The second-order valence-electron chi connectivity index (χ2n) is 5.42. The molecule has 1 radical (unpaired) electrons. The van der Waals surface area contributed by atoms with Gasteiger partial charge >= 0.3 is 0 Å². The molecule has 2 N–H and O–H groups in total. The first kappa shape index (κ1) is 21.9. The first-order valence-corrected chi connectivity index (χ1v) is 7.19. The van der Waals surface area contributed by atoms with Crippen LogP contribution in [-0.2, 0) is 14.3 Å². The van der Waals surface area contributed by atoms with Crippen molar-refractivity contribution in [1.82, 2.24) is 4.90 Å². The van der Waals surface area contributed by atoms with Crippen LogP contribution in [0.2, 0.25) is 0 Å². The second kappa shape index (κ2) is 10.6. The largest absolute Gasteiger partial charge is 0.672 e. The van der Waals surface area contributed by atoms with Gasteiger partial charge in [0.05, 0.1) is 12.6 Å². The van der Waals surface area contributed by atoms with Crippen molar-refractivity contribution in [3.63, 3.8) is 0 Å². The molecule has 1 heterocycles. The van der Waals surface area contributed by atoms with Crippen LogP contribution in [0.5, 0.6) is 0 Å². The van der Waals surface area contributed by atoms with Gasteiger partial charge in [0.15, 0.2) is 6.29 Å². The van der Waals surface area contributed by atoms with Crippen molar-refractivity contribution in [3.05, 3.63) is 5.73 Å². The number of hydrogen-bond acceptors (Lipinski definition) is 5. The molecule has 21 heavy (non-hydrogen) atoms. The van der Waals surface area contributed by atoms with E-state index in [1.165, 1.54) is 0 Å². The smallest absolute Gasteiger partial charge is 0.154 e. The van der Waals surface area contributed by atoms with Crippen molar-refractivity contribution in [2.24, 2.45) is 5.92 Å². The van der Waals surface area contributed by atoms with Gasteiger partial charge in [0.1, 0.15) is 5.78 Å². The van der Waals surface area contributed by atoms with Crippen molar-refractivity contribution >= 4 is 5.78 Å². The van der Waals surface area contributed by atoms with E-state index in [1.807, 2.05) is 25.8 Å². The van der Waals surface area contributed by atoms with Crippen LogP contribution in [-0.4, -0.2) is 67.1 Å². The van der Waals surface area contributed by atoms with Crippen molar-refractivity contribution in [3.8, 4) is 0 Å². The number of likely N-dealkylation sites (tertiary alicyclic amines) is 1. The Hall–Kier alpha value is 0.912. The molecule has 121 valence electrons. The summed E-state index contributed by atoms with van der Waals surface area (Å²) in [6.07, 6.45) is 0.380. The Morgan fingerprint density at radius 1 is 1.48 bits per heavy atom. The Morgan fingerprint density at radius 2 is 2.10 bits per heavy atom. The monoisotopic (exact) mass is 514 g/mol. The molecule has 5 atom stereocenters. The Labute approximate surface area is 163 Å². The van der Waals surface area contributed by atoms with Gasteiger partial charge in [0.2, 0.25) is 0 Å². The molecule has 1 aliphatic rings. The number of likely N-dealkylation sites (N-methyl/N-ethyl adjacent to an activating group) is 1. The number of rotatable bonds is 8. The summed E-state index contributed by atoms with van der Waals surface area (Å²) in [4.78, 5) is 13.6. The molecule has 1 saturated heterocycles. The number of ketones is 1. The topological polar surface area (TPSA) is 82.8 Å². The van der Waals surface area contributed by atoms with E-state index in [2.05, 4.69) is 0 Å². The third kappa shape index (κ3) is 6.14. The Balaban J connectivity index is 0.00000400. The molecule has 0 aliphatic carbocycles. The predicted molar refractivity (Wildman–Crippen MR) is 76.4 cm³/mol. The van der Waals surface area contributed by atoms with Gasteiger partial charge in [0, 0.05) is 63.3 Å². The molecule has 7 heteroatoms. The van der Waals surface area contributed by atoms with Crippen LogP contribution in [0.25, 0.3) is 5.73 Å². The molecule has 0 aromatic carbocycles. The van der Waals surface area contributed by atoms with Crippen molar-refractivity contribution in [2.45, 2.75) is 51.6 Å². The first-order chi connectivity index (χ1) is 9.42. The maximum atomic E-state index is 11.7. The second-order valence-corrected chi connectivity index (χ2v) is 5.42. The minimum Gasteiger partial charge on any atom is -0.672 e. The standard InChI is InChI=1S/C14H27N2O4.Ac/c1-5-19-10(3)20-8-11-6-13(9(2)18)16(4)14(11)12(15)7-17;/h10-15,17H,5-8H2,1-4H3;/q-1;. The van der Waals surface area contributed by atoms with Gasteiger partial charge in [-0.05, 0) is 40.2 Å². The average molecular weight is 514 g/mol. The van der Waals surface area contributed by atoms with Crippen LogP contribution in [0, 0.1) is 50.0 Å². The zero-order valence-corrected chi connectivity index (χ0v) is 18.2. The molecule has 1 aliphatic heterocycles. The third-order valence-electron chi connectivity index (χ3n) is 4.00. The van der Waals surface area contributed by atoms with Crippen molar-refractivity contribution < 1.29 is 63.4 Å². The minimum atomic E-state index is -0.625. The summed E-state index contributed by atoms with van der Waals surface area (Å²) >= 11 is 0. The molecule has 0 spiro atoms. The first-order valence-electron chi connectivity index (χ1n) is 7.19. The van der Waals surface area contributed by atoms with Crippen LogP contribution in [0.4, 0.5) is 0 Å². The van der Waals surface area contributed by atoms with E-state index >= 15 is 0 Å². The quantitative estimate of drug-likeness (QED) is 0.491. The summed E-state index contributed by atoms with van der Waals surface area (Å²) in [7, 11) is 1.85. The van der Waals surface area contributed by atoms with Crippen LogP contribution in [0.15, 0.2) is 0 Å². The maximum Gasteiger partial charge on any atom is 0.154 e. The number of nitrogens with one attached hydrogen (secondary N) is 1. The molecular weight excluding hydrogens is 487 g/mol. The van der Waals surface area contributed by atoms with Gasteiger partial charge in [-0.15, -0.1) is 0 Å². The third-order valence-corrected chi connectivity index (χ3v) is 4.00. The van der Waals surface area contributed by atoms with Crippen LogP contribution < -0.4 is 0 Å². The molecule has 0 saturated carbocycles. The van der Waals surface area contributed by atoms with Crippen LogP contribution in [0.3, 0.4) is 0 Å². The number of hydrogen-bond donors (Lipinski definition) is 1. The average Bonchev–Trinajstić information content (AvgIpc) is 2.73. The summed E-state index contributed by atoms with van der Waals surface area (Å²) in [5, 5.41) is 9.25. The zero-order chi connectivity index (χ0) is 15.3. The fourth-order valence-corrected chi connectivity index (χ4v) is 3.01. The maximum absolute atomic E-state index is 11.7. The predicted octanol–water partition coefficient (Wildman–Crippen LogP) is 1.08. The summed E-state index contributed by atoms with van der Waals surface area (Å²) in [5.41, 5.74) is 7.99. The summed E-state index contributed by atoms with van der Waals surface area (Å²) in [6, 6.07) is -0.974. The van der Waals surface area contributed by atoms with Gasteiger partial charge in [-0.1, -0.05) is 6.04 Å². The molecule has 0 aromatic heterocycles. The van der Waals surface area contributed by atoms with E-state index in [0.29, 0.717) is 19.6 Å². The Kier molecular flexibility index (Phi) is 11.1. The van der Waals surface area contributed by atoms with E-state index in [9.17, 15) is 9.90 Å². The van der Waals surface area contributed by atoms with E-state index in [1.54, 1.807) is 6.92 Å². The minimum absolute atomic E-state index is 0. The molecule has 6 nitrogen and oxygen atoms in total. The molecule has 0 aromatic rings. The Morgan fingerprint density at radius 3 is 2.57 bits per heavy atom. The molecule has 0 bridgehead atoms. The van der Waals surface area contributed by atoms with Gasteiger partial charge in [-0.2, -0.15) is 0 Å². The van der Waals surface area contributed by atoms with E-state index in [0.717, 1.165) is 0 Å². The van der Waals surface area contributed by atoms with Crippen LogP contribution >= 0.6 is 0 Å². The van der Waals surface area contributed by atoms with E-state index in [4.69, 9.17) is 15.2 Å². The van der Waals surface area contributed by atoms with Gasteiger partial charge in [-0.3, -0.25) is 9.69 Å². The molecular formula is C14H27AcN2O4-. The molecule has 1 rings (SSSR count). The van der Waals surface area contributed by atoms with Gasteiger partial charge in [-0.25, -0.2) is 0 Å². The number of aliphatic hydroxyl groups is 1. The molecule has 1 fully saturated rings. The SMILES string of the molecule is CCOC(C)OCC1CC(C(C)=O)N(C)C1C([NH-])CO.[Ac]. The fourth-order valence-electron chi connectivity index (χ4n) is 3.01. The van der Waals surface area contributed by atoms with Gasteiger partial charge in [0.25, 0.3) is 0 Å². The van der Waals surface area contributed by atoms with Crippen molar-refractivity contribution in [1.29, 1.82) is 0 Å². The number of ether oxygens (including phenoxy) is 2. The van der Waals surface area contributed by atoms with Crippen molar-refractivity contribution in [2.75, 3.05) is 26.9 Å². The molecule has 5 unspecified atom stereocenters. The number of nitrogens with zero attached hydrogens (tertiary/aromatic N) is 1. The Bertz CT molecular complexity index is 319. The summed E-state index contributed by atoms with van der Waals surface area (Å²) in [6.45, 7) is 6.13. The number of carbonyl (C=O) groups is 1. The fraction of sp³-hybridized carbons (Fsp3) is 0.929. The van der Waals surface area contributed by atoms with E-state index in [-0.39, 0.29) is 80.7 Å². The number of Topliss-reactive ketones (excluding diaryl/α,β-unsaturated/α-hetero) is 1. The molecule has 0 amide bonds. The zero-order valence-electron chi connectivity index (χ0n) is 13.4. The number of aliphatic hydroxyl groups excluding tert-OH is 1. The summed E-state index contributed by atoms with van der Waals surface area (Å²) < 4.78 is 11.0. The number of carbonyl (C=O) groups excluding carboxylic acids is 1. The summed E-state index contributed by atoms with van der Waals surface area (Å²) in [5.74, 6) is 0.162.